The zero-order valence-electron chi connectivity index (χ0n) is 12.7. The van der Waals surface area contributed by atoms with Gasteiger partial charge in [0.25, 0.3) is 0 Å². The summed E-state index contributed by atoms with van der Waals surface area (Å²) in [5.74, 6) is 2.71. The molecule has 0 saturated heterocycles. The molecule has 20 heavy (non-hydrogen) atoms. The number of hydrogen-bond acceptors (Lipinski definition) is 4. The van der Waals surface area contributed by atoms with Crippen molar-refractivity contribution in [2.45, 2.75) is 57.6 Å². The van der Waals surface area contributed by atoms with Crippen molar-refractivity contribution in [3.8, 4) is 0 Å². The predicted octanol–water partition coefficient (Wildman–Crippen LogP) is 2.59. The SMILES string of the molecule is CC(C)c1cnc(N(C)C2C[C@H]3CC(O)C[C@H]3C2)nc1. The van der Waals surface area contributed by atoms with Crippen molar-refractivity contribution >= 4 is 5.95 Å². The highest BCUT2D eigenvalue weighted by Gasteiger charge is 2.42. The molecule has 0 aliphatic heterocycles. The van der Waals surface area contributed by atoms with Crippen LogP contribution in [0.5, 0.6) is 0 Å². The summed E-state index contributed by atoms with van der Waals surface area (Å²) in [6.45, 7) is 4.32. The molecule has 1 aromatic rings. The van der Waals surface area contributed by atoms with Gasteiger partial charge in [-0.3, -0.25) is 0 Å². The third kappa shape index (κ3) is 2.53. The largest absolute Gasteiger partial charge is 0.393 e. The lowest BCUT2D eigenvalue weighted by molar-refractivity contribution is 0.171. The van der Waals surface area contributed by atoms with Crippen LogP contribution in [0.25, 0.3) is 0 Å². The lowest BCUT2D eigenvalue weighted by atomic mass is 10.0. The molecule has 0 radical (unpaired) electrons. The second-order valence-electron chi connectivity index (χ2n) is 6.85. The molecule has 2 aliphatic rings. The monoisotopic (exact) mass is 275 g/mol. The fourth-order valence-corrected chi connectivity index (χ4v) is 3.84. The van der Waals surface area contributed by atoms with Gasteiger partial charge in [0.1, 0.15) is 0 Å². The van der Waals surface area contributed by atoms with Gasteiger partial charge < -0.3 is 10.0 Å². The topological polar surface area (TPSA) is 49.2 Å². The fraction of sp³-hybridized carbons (Fsp3) is 0.750. The minimum absolute atomic E-state index is 0.0576. The molecular formula is C16H25N3O. The first-order valence-electron chi connectivity index (χ1n) is 7.77. The number of aliphatic hydroxyl groups is 1. The van der Waals surface area contributed by atoms with Crippen molar-refractivity contribution in [3.63, 3.8) is 0 Å². The van der Waals surface area contributed by atoms with Crippen LogP contribution in [-0.2, 0) is 0 Å². The van der Waals surface area contributed by atoms with Gasteiger partial charge >= 0.3 is 0 Å². The maximum atomic E-state index is 9.72. The van der Waals surface area contributed by atoms with Gasteiger partial charge in [-0.05, 0) is 49.0 Å². The van der Waals surface area contributed by atoms with Crippen LogP contribution in [-0.4, -0.2) is 34.3 Å². The van der Waals surface area contributed by atoms with Gasteiger partial charge in [-0.25, -0.2) is 9.97 Å². The van der Waals surface area contributed by atoms with Crippen LogP contribution < -0.4 is 4.90 Å². The summed E-state index contributed by atoms with van der Waals surface area (Å²) < 4.78 is 0. The predicted molar refractivity (Wildman–Crippen MR) is 79.8 cm³/mol. The van der Waals surface area contributed by atoms with Crippen LogP contribution in [0.4, 0.5) is 5.95 Å². The molecule has 0 bridgehead atoms. The lowest BCUT2D eigenvalue weighted by Gasteiger charge is -2.25. The maximum Gasteiger partial charge on any atom is 0.225 e. The van der Waals surface area contributed by atoms with Crippen molar-refractivity contribution in [2.75, 3.05) is 11.9 Å². The molecule has 2 fully saturated rings. The van der Waals surface area contributed by atoms with Gasteiger partial charge in [0, 0.05) is 25.5 Å². The van der Waals surface area contributed by atoms with E-state index in [1.165, 1.54) is 18.4 Å². The van der Waals surface area contributed by atoms with Gasteiger partial charge in [-0.2, -0.15) is 0 Å². The molecule has 2 saturated carbocycles. The van der Waals surface area contributed by atoms with Gasteiger partial charge in [-0.1, -0.05) is 13.8 Å². The van der Waals surface area contributed by atoms with E-state index in [9.17, 15) is 5.11 Å². The highest BCUT2D eigenvalue weighted by molar-refractivity contribution is 5.31. The van der Waals surface area contributed by atoms with Crippen molar-refractivity contribution < 1.29 is 5.11 Å². The van der Waals surface area contributed by atoms with E-state index in [2.05, 4.69) is 35.8 Å². The molecule has 2 aliphatic carbocycles. The Morgan fingerprint density at radius 3 is 2.15 bits per heavy atom. The molecule has 0 aromatic carbocycles. The Labute approximate surface area is 121 Å². The minimum Gasteiger partial charge on any atom is -0.393 e. The Hall–Kier alpha value is -1.16. The van der Waals surface area contributed by atoms with Crippen molar-refractivity contribution in [1.29, 1.82) is 0 Å². The molecule has 0 amide bonds. The lowest BCUT2D eigenvalue weighted by Crippen LogP contribution is -2.31. The zero-order chi connectivity index (χ0) is 14.3. The summed E-state index contributed by atoms with van der Waals surface area (Å²) in [5, 5.41) is 9.72. The summed E-state index contributed by atoms with van der Waals surface area (Å²) in [6.07, 6.45) is 8.16. The van der Waals surface area contributed by atoms with Crippen molar-refractivity contribution in [3.05, 3.63) is 18.0 Å². The van der Waals surface area contributed by atoms with Gasteiger partial charge in [0.15, 0.2) is 0 Å². The van der Waals surface area contributed by atoms with Crippen LogP contribution in [0.1, 0.15) is 51.0 Å². The summed E-state index contributed by atoms with van der Waals surface area (Å²) in [4.78, 5) is 11.3. The molecule has 4 nitrogen and oxygen atoms in total. The summed E-state index contributed by atoms with van der Waals surface area (Å²) in [5.41, 5.74) is 1.19. The van der Waals surface area contributed by atoms with Gasteiger partial charge in [0.05, 0.1) is 6.10 Å². The quantitative estimate of drug-likeness (QED) is 0.921. The first-order valence-corrected chi connectivity index (χ1v) is 7.77. The van der Waals surface area contributed by atoms with Crippen LogP contribution >= 0.6 is 0 Å². The van der Waals surface area contributed by atoms with Gasteiger partial charge in [0.2, 0.25) is 5.95 Å². The van der Waals surface area contributed by atoms with E-state index in [1.54, 1.807) is 0 Å². The molecule has 1 aromatic heterocycles. The standard InChI is InChI=1S/C16H25N3O/c1-10(2)13-8-17-16(18-9-13)19(3)14-4-11-6-15(20)7-12(11)5-14/h8-12,14-15,20H,4-7H2,1-3H3/t11-,12+,14?,15?. The third-order valence-electron chi connectivity index (χ3n) is 5.15. The zero-order valence-corrected chi connectivity index (χ0v) is 12.7. The Morgan fingerprint density at radius 1 is 1.10 bits per heavy atom. The second kappa shape index (κ2) is 5.32. The summed E-state index contributed by atoms with van der Waals surface area (Å²) in [6, 6.07) is 0.530. The number of rotatable bonds is 3. The van der Waals surface area contributed by atoms with E-state index in [0.717, 1.165) is 18.8 Å². The first kappa shape index (κ1) is 13.8. The van der Waals surface area contributed by atoms with Crippen molar-refractivity contribution in [1.82, 2.24) is 9.97 Å². The van der Waals surface area contributed by atoms with E-state index in [1.807, 2.05) is 12.4 Å². The molecule has 1 N–H and O–H groups in total. The maximum absolute atomic E-state index is 9.72. The van der Waals surface area contributed by atoms with Crippen molar-refractivity contribution in [2.24, 2.45) is 11.8 Å². The van der Waals surface area contributed by atoms with E-state index < -0.39 is 0 Å². The van der Waals surface area contributed by atoms with Crippen LogP contribution in [0.2, 0.25) is 0 Å². The number of hydrogen-bond donors (Lipinski definition) is 1. The second-order valence-corrected chi connectivity index (χ2v) is 6.85. The van der Waals surface area contributed by atoms with E-state index in [4.69, 9.17) is 0 Å². The Morgan fingerprint density at radius 2 is 1.65 bits per heavy atom. The fourth-order valence-electron chi connectivity index (χ4n) is 3.84. The van der Waals surface area contributed by atoms with E-state index in [-0.39, 0.29) is 6.10 Å². The third-order valence-corrected chi connectivity index (χ3v) is 5.15. The van der Waals surface area contributed by atoms with Crippen LogP contribution in [0.15, 0.2) is 12.4 Å². The normalized spacial score (nSPS) is 32.6. The number of nitrogens with zero attached hydrogens (tertiary/aromatic N) is 3. The molecule has 4 heteroatoms. The number of aromatic nitrogens is 2. The van der Waals surface area contributed by atoms with Crippen LogP contribution in [0, 0.1) is 11.8 Å². The van der Waals surface area contributed by atoms with Crippen LogP contribution in [0.3, 0.4) is 0 Å². The molecule has 2 unspecified atom stereocenters. The molecule has 4 atom stereocenters. The summed E-state index contributed by atoms with van der Waals surface area (Å²) >= 11 is 0. The van der Waals surface area contributed by atoms with Gasteiger partial charge in [-0.15, -0.1) is 0 Å². The Balaban J connectivity index is 1.66. The number of aliphatic hydroxyl groups excluding tert-OH is 1. The number of anilines is 1. The highest BCUT2D eigenvalue weighted by Crippen LogP contribution is 2.45. The molecule has 3 rings (SSSR count). The average Bonchev–Trinajstić information content (AvgIpc) is 2.95. The van der Waals surface area contributed by atoms with E-state index in [0.29, 0.717) is 23.8 Å². The summed E-state index contributed by atoms with van der Waals surface area (Å²) in [7, 11) is 2.10. The smallest absolute Gasteiger partial charge is 0.225 e. The molecule has 0 spiro atoms. The Kier molecular flexibility index (Phi) is 3.67. The number of fused-ring (bicyclic) bond motifs is 1. The Bertz CT molecular complexity index is 445. The average molecular weight is 275 g/mol. The molecule has 110 valence electrons. The van der Waals surface area contributed by atoms with E-state index >= 15 is 0 Å². The minimum atomic E-state index is -0.0576. The molecule has 1 heterocycles. The highest BCUT2D eigenvalue weighted by atomic mass is 16.3. The first-order chi connectivity index (χ1) is 9.54. The molecular weight excluding hydrogens is 250 g/mol.